The van der Waals surface area contributed by atoms with Gasteiger partial charge in [0.2, 0.25) is 0 Å². The van der Waals surface area contributed by atoms with Crippen molar-refractivity contribution < 1.29 is 14.2 Å². The number of methoxy groups -OCH3 is 1. The molecule has 2 aromatic carbocycles. The minimum absolute atomic E-state index is 0.408. The number of hydrogen-bond acceptors (Lipinski definition) is 5. The summed E-state index contributed by atoms with van der Waals surface area (Å²) < 4.78 is 17.0. The molecule has 5 heteroatoms. The first-order chi connectivity index (χ1) is 15.3. The maximum atomic E-state index is 6.19. The van der Waals surface area contributed by atoms with E-state index in [0.717, 1.165) is 63.9 Å². The van der Waals surface area contributed by atoms with Crippen LogP contribution in [-0.4, -0.2) is 69.5 Å². The van der Waals surface area contributed by atoms with Gasteiger partial charge in [0, 0.05) is 38.1 Å². The van der Waals surface area contributed by atoms with Gasteiger partial charge in [0.1, 0.15) is 11.5 Å². The van der Waals surface area contributed by atoms with E-state index in [-0.39, 0.29) is 0 Å². The summed E-state index contributed by atoms with van der Waals surface area (Å²) in [6.07, 6.45) is 3.59. The normalized spacial score (nSPS) is 23.9. The molecule has 166 valence electrons. The van der Waals surface area contributed by atoms with Gasteiger partial charge in [-0.05, 0) is 66.8 Å². The largest absolute Gasteiger partial charge is 0.497 e. The summed E-state index contributed by atoms with van der Waals surface area (Å²) in [7, 11) is 1.72. The van der Waals surface area contributed by atoms with Gasteiger partial charge in [-0.25, -0.2) is 0 Å². The highest BCUT2D eigenvalue weighted by Gasteiger charge is 2.36. The third kappa shape index (κ3) is 4.59. The molecule has 0 N–H and O–H groups in total. The molecule has 3 aliphatic rings. The van der Waals surface area contributed by atoms with Crippen LogP contribution in [0.2, 0.25) is 0 Å². The standard InChI is InChI=1S/C26H34N2O3/c1-29-21-7-5-20(6-8-21)25-19-28-12-2-4-26(28)24-18-22(9-10-23(24)25)31-15-3-11-27-13-16-30-17-14-27/h5-10,18,25-26H,2-4,11-17,19H2,1H3/t25-,26?/m1/s1. The van der Waals surface area contributed by atoms with Gasteiger partial charge in [0.25, 0.3) is 0 Å². The second kappa shape index (κ2) is 9.60. The van der Waals surface area contributed by atoms with Gasteiger partial charge in [-0.3, -0.25) is 9.80 Å². The van der Waals surface area contributed by atoms with E-state index in [0.29, 0.717) is 12.0 Å². The maximum absolute atomic E-state index is 6.19. The van der Waals surface area contributed by atoms with Crippen LogP contribution in [0.4, 0.5) is 0 Å². The summed E-state index contributed by atoms with van der Waals surface area (Å²) >= 11 is 0. The lowest BCUT2D eigenvalue weighted by Gasteiger charge is -2.37. The average molecular weight is 423 g/mol. The number of hydrogen-bond donors (Lipinski definition) is 0. The van der Waals surface area contributed by atoms with Crippen LogP contribution in [0, 0.1) is 0 Å². The van der Waals surface area contributed by atoms with Crippen molar-refractivity contribution in [3.63, 3.8) is 0 Å². The van der Waals surface area contributed by atoms with Crippen LogP contribution < -0.4 is 9.47 Å². The molecule has 0 aromatic heterocycles. The van der Waals surface area contributed by atoms with Crippen molar-refractivity contribution in [3.8, 4) is 11.5 Å². The molecule has 0 aliphatic carbocycles. The number of morpholine rings is 1. The molecule has 0 spiro atoms. The number of ether oxygens (including phenoxy) is 3. The quantitative estimate of drug-likeness (QED) is 0.628. The van der Waals surface area contributed by atoms with Crippen LogP contribution in [0.25, 0.3) is 0 Å². The molecule has 0 saturated carbocycles. The molecule has 3 heterocycles. The fourth-order valence-electron chi connectivity index (χ4n) is 5.40. The van der Waals surface area contributed by atoms with Gasteiger partial charge in [-0.1, -0.05) is 18.2 Å². The Morgan fingerprint density at radius 1 is 0.968 bits per heavy atom. The van der Waals surface area contributed by atoms with Crippen molar-refractivity contribution >= 4 is 0 Å². The second-order valence-electron chi connectivity index (χ2n) is 8.93. The lowest BCUT2D eigenvalue weighted by atomic mass is 9.81. The molecule has 5 rings (SSSR count). The number of benzene rings is 2. The highest BCUT2D eigenvalue weighted by atomic mass is 16.5. The lowest BCUT2D eigenvalue weighted by Crippen LogP contribution is -2.37. The Morgan fingerprint density at radius 2 is 1.77 bits per heavy atom. The monoisotopic (exact) mass is 422 g/mol. The van der Waals surface area contributed by atoms with E-state index in [1.807, 2.05) is 0 Å². The highest BCUT2D eigenvalue weighted by molar-refractivity contribution is 5.47. The summed E-state index contributed by atoms with van der Waals surface area (Å²) in [5.74, 6) is 2.34. The molecule has 3 aliphatic heterocycles. The van der Waals surface area contributed by atoms with Gasteiger partial charge >= 0.3 is 0 Å². The van der Waals surface area contributed by atoms with Crippen molar-refractivity contribution in [2.24, 2.45) is 0 Å². The first kappa shape index (κ1) is 20.8. The van der Waals surface area contributed by atoms with Crippen LogP contribution >= 0.6 is 0 Å². The Bertz CT molecular complexity index is 863. The van der Waals surface area contributed by atoms with Gasteiger partial charge in [0.05, 0.1) is 26.9 Å². The maximum Gasteiger partial charge on any atom is 0.119 e. The predicted molar refractivity (Wildman–Crippen MR) is 122 cm³/mol. The van der Waals surface area contributed by atoms with E-state index in [1.165, 1.54) is 36.1 Å². The third-order valence-electron chi connectivity index (χ3n) is 7.08. The molecule has 1 unspecified atom stereocenters. The van der Waals surface area contributed by atoms with Crippen LogP contribution in [-0.2, 0) is 4.74 Å². The molecular formula is C26H34N2O3. The molecule has 0 amide bonds. The smallest absolute Gasteiger partial charge is 0.119 e. The Labute approximate surface area is 185 Å². The van der Waals surface area contributed by atoms with E-state index in [1.54, 1.807) is 7.11 Å². The zero-order chi connectivity index (χ0) is 21.0. The number of nitrogens with zero attached hydrogens (tertiary/aromatic N) is 2. The minimum atomic E-state index is 0.408. The zero-order valence-corrected chi connectivity index (χ0v) is 18.6. The van der Waals surface area contributed by atoms with Crippen molar-refractivity contribution in [2.45, 2.75) is 31.2 Å². The molecule has 31 heavy (non-hydrogen) atoms. The van der Waals surface area contributed by atoms with E-state index in [9.17, 15) is 0 Å². The van der Waals surface area contributed by atoms with Crippen molar-refractivity contribution in [1.29, 1.82) is 0 Å². The molecule has 2 aromatic rings. The van der Waals surface area contributed by atoms with Crippen LogP contribution in [0.1, 0.15) is 47.9 Å². The zero-order valence-electron chi connectivity index (χ0n) is 18.6. The Balaban J connectivity index is 1.29. The van der Waals surface area contributed by atoms with E-state index in [4.69, 9.17) is 14.2 Å². The molecule has 2 saturated heterocycles. The van der Waals surface area contributed by atoms with Crippen molar-refractivity contribution in [1.82, 2.24) is 9.80 Å². The SMILES string of the molecule is COc1ccc([C@H]2CN3CCCC3c3cc(OCCCN4CCOCC4)ccc32)cc1. The highest BCUT2D eigenvalue weighted by Crippen LogP contribution is 2.45. The fraction of sp³-hybridized carbons (Fsp3) is 0.538. The Hall–Kier alpha value is -2.08. The number of rotatable bonds is 7. The first-order valence-corrected chi connectivity index (χ1v) is 11.8. The van der Waals surface area contributed by atoms with Crippen molar-refractivity contribution in [2.75, 3.05) is 59.7 Å². The van der Waals surface area contributed by atoms with Gasteiger partial charge in [-0.15, -0.1) is 0 Å². The van der Waals surface area contributed by atoms with Crippen molar-refractivity contribution in [3.05, 3.63) is 59.2 Å². The molecule has 2 fully saturated rings. The van der Waals surface area contributed by atoms with E-state index in [2.05, 4.69) is 52.3 Å². The summed E-state index contributed by atoms with van der Waals surface area (Å²) in [6, 6.07) is 16.0. The molecule has 5 nitrogen and oxygen atoms in total. The van der Waals surface area contributed by atoms with Gasteiger partial charge in [-0.2, -0.15) is 0 Å². The van der Waals surface area contributed by atoms with Gasteiger partial charge < -0.3 is 14.2 Å². The third-order valence-corrected chi connectivity index (χ3v) is 7.08. The number of fused-ring (bicyclic) bond motifs is 3. The predicted octanol–water partition coefficient (Wildman–Crippen LogP) is 4.08. The van der Waals surface area contributed by atoms with E-state index >= 15 is 0 Å². The summed E-state index contributed by atoms with van der Waals surface area (Å²) in [4.78, 5) is 5.13. The lowest BCUT2D eigenvalue weighted by molar-refractivity contribution is 0.0358. The average Bonchev–Trinajstić information content (AvgIpc) is 3.31. The molecule has 0 radical (unpaired) electrons. The van der Waals surface area contributed by atoms with Crippen LogP contribution in [0.3, 0.4) is 0 Å². The summed E-state index contributed by atoms with van der Waals surface area (Å²) in [5.41, 5.74) is 4.30. The van der Waals surface area contributed by atoms with E-state index < -0.39 is 0 Å². The fourth-order valence-corrected chi connectivity index (χ4v) is 5.40. The second-order valence-corrected chi connectivity index (χ2v) is 8.93. The minimum Gasteiger partial charge on any atom is -0.497 e. The molecule has 2 atom stereocenters. The molecular weight excluding hydrogens is 388 g/mol. The summed E-state index contributed by atoms with van der Waals surface area (Å²) in [5, 5.41) is 0. The first-order valence-electron chi connectivity index (χ1n) is 11.8. The topological polar surface area (TPSA) is 34.2 Å². The van der Waals surface area contributed by atoms with Crippen LogP contribution in [0.15, 0.2) is 42.5 Å². The van der Waals surface area contributed by atoms with Crippen LogP contribution in [0.5, 0.6) is 11.5 Å². The molecule has 0 bridgehead atoms. The Kier molecular flexibility index (Phi) is 6.44. The van der Waals surface area contributed by atoms with Gasteiger partial charge in [0.15, 0.2) is 0 Å². The Morgan fingerprint density at radius 3 is 2.58 bits per heavy atom. The summed E-state index contributed by atoms with van der Waals surface area (Å²) in [6.45, 7) is 7.96.